The fourth-order valence-corrected chi connectivity index (χ4v) is 1.17. The van der Waals surface area contributed by atoms with Gasteiger partial charge in [0.05, 0.1) is 17.8 Å². The van der Waals surface area contributed by atoms with Crippen LogP contribution in [-0.2, 0) is 0 Å². The van der Waals surface area contributed by atoms with Gasteiger partial charge in [0.25, 0.3) is 0 Å². The number of benzene rings is 1. The van der Waals surface area contributed by atoms with Crippen molar-refractivity contribution in [1.29, 1.82) is 5.26 Å². The van der Waals surface area contributed by atoms with Crippen molar-refractivity contribution in [2.24, 2.45) is 5.10 Å². The molecule has 1 aromatic carbocycles. The van der Waals surface area contributed by atoms with Crippen LogP contribution in [-0.4, -0.2) is 21.1 Å². The molecule has 78 valence electrons. The van der Waals surface area contributed by atoms with Crippen LogP contribution in [0.1, 0.15) is 17.0 Å². The number of hydrogen-bond donors (Lipinski definition) is 0. The lowest BCUT2D eigenvalue weighted by Crippen LogP contribution is -1.92. The van der Waals surface area contributed by atoms with Crippen molar-refractivity contribution < 1.29 is 0 Å². The molecule has 1 aromatic heterocycles. The maximum atomic E-state index is 8.64. The number of nitrogens with zero attached hydrogens (tertiary/aromatic N) is 5. The van der Waals surface area contributed by atoms with E-state index in [2.05, 4.69) is 21.4 Å². The summed E-state index contributed by atoms with van der Waals surface area (Å²) in [5.74, 6) is 0.727. The maximum Gasteiger partial charge on any atom is 0.151 e. The van der Waals surface area contributed by atoms with Gasteiger partial charge < -0.3 is 0 Å². The molecule has 16 heavy (non-hydrogen) atoms. The van der Waals surface area contributed by atoms with Gasteiger partial charge in [0.2, 0.25) is 0 Å². The Morgan fingerprint density at radius 1 is 1.38 bits per heavy atom. The summed E-state index contributed by atoms with van der Waals surface area (Å²) in [6, 6.07) is 9.23. The molecule has 0 aliphatic carbocycles. The lowest BCUT2D eigenvalue weighted by molar-refractivity contribution is 0.832. The Kier molecular flexibility index (Phi) is 2.74. The van der Waals surface area contributed by atoms with E-state index in [0.717, 1.165) is 11.4 Å². The fraction of sp³-hybridized carbons (Fsp3) is 0.0909. The molecule has 0 amide bonds. The highest BCUT2D eigenvalue weighted by Crippen LogP contribution is 2.01. The number of rotatable bonds is 2. The van der Waals surface area contributed by atoms with E-state index >= 15 is 0 Å². The second-order valence-corrected chi connectivity index (χ2v) is 3.20. The van der Waals surface area contributed by atoms with Crippen molar-refractivity contribution in [2.75, 3.05) is 0 Å². The van der Waals surface area contributed by atoms with Crippen LogP contribution in [0.25, 0.3) is 0 Å². The zero-order valence-electron chi connectivity index (χ0n) is 8.70. The molecule has 0 aliphatic heterocycles. The van der Waals surface area contributed by atoms with Crippen molar-refractivity contribution in [1.82, 2.24) is 14.9 Å². The second-order valence-electron chi connectivity index (χ2n) is 3.20. The Bertz CT molecular complexity index is 544. The van der Waals surface area contributed by atoms with Gasteiger partial charge in [-0.2, -0.15) is 10.4 Å². The van der Waals surface area contributed by atoms with E-state index in [4.69, 9.17) is 5.26 Å². The summed E-state index contributed by atoms with van der Waals surface area (Å²) in [6.45, 7) is 1.82. The number of aryl methyl sites for hydroxylation is 1. The van der Waals surface area contributed by atoms with E-state index in [1.54, 1.807) is 23.0 Å². The normalized spacial score (nSPS) is 10.5. The first-order chi connectivity index (χ1) is 7.79. The molecule has 5 heteroatoms. The van der Waals surface area contributed by atoms with E-state index in [0.29, 0.717) is 5.56 Å². The molecule has 0 saturated carbocycles. The van der Waals surface area contributed by atoms with Gasteiger partial charge >= 0.3 is 0 Å². The molecule has 0 saturated heterocycles. The van der Waals surface area contributed by atoms with E-state index in [1.165, 1.54) is 6.33 Å². The molecular weight excluding hydrogens is 202 g/mol. The third-order valence-electron chi connectivity index (χ3n) is 2.07. The highest BCUT2D eigenvalue weighted by Gasteiger charge is 1.94. The van der Waals surface area contributed by atoms with Gasteiger partial charge in [0.15, 0.2) is 5.82 Å². The Morgan fingerprint density at radius 2 is 2.12 bits per heavy atom. The number of nitriles is 1. The summed E-state index contributed by atoms with van der Waals surface area (Å²) in [6.07, 6.45) is 3.23. The predicted molar refractivity (Wildman–Crippen MR) is 58.9 cm³/mol. The van der Waals surface area contributed by atoms with Gasteiger partial charge in [0, 0.05) is 0 Å². The van der Waals surface area contributed by atoms with Crippen LogP contribution < -0.4 is 0 Å². The lowest BCUT2D eigenvalue weighted by Gasteiger charge is -1.94. The van der Waals surface area contributed by atoms with Crippen molar-refractivity contribution in [3.8, 4) is 6.07 Å². The highest BCUT2D eigenvalue weighted by atomic mass is 15.4. The lowest BCUT2D eigenvalue weighted by atomic mass is 10.2. The molecule has 1 heterocycles. The quantitative estimate of drug-likeness (QED) is 0.704. The van der Waals surface area contributed by atoms with E-state index in [-0.39, 0.29) is 0 Å². The van der Waals surface area contributed by atoms with Crippen molar-refractivity contribution in [3.63, 3.8) is 0 Å². The molecule has 0 atom stereocenters. The molecule has 0 fully saturated rings. The number of hydrogen-bond acceptors (Lipinski definition) is 4. The van der Waals surface area contributed by atoms with Gasteiger partial charge in [0.1, 0.15) is 6.33 Å². The van der Waals surface area contributed by atoms with Gasteiger partial charge in [-0.1, -0.05) is 12.1 Å². The molecular formula is C11H9N5. The van der Waals surface area contributed by atoms with Crippen LogP contribution in [0, 0.1) is 18.3 Å². The van der Waals surface area contributed by atoms with Crippen LogP contribution in [0.4, 0.5) is 0 Å². The predicted octanol–water partition coefficient (Wildman–Crippen LogP) is 1.34. The average molecular weight is 211 g/mol. The Morgan fingerprint density at radius 3 is 2.69 bits per heavy atom. The molecule has 0 unspecified atom stereocenters. The van der Waals surface area contributed by atoms with Crippen molar-refractivity contribution in [3.05, 3.63) is 47.5 Å². The van der Waals surface area contributed by atoms with Crippen LogP contribution in [0.5, 0.6) is 0 Å². The monoisotopic (exact) mass is 211 g/mol. The Balaban J connectivity index is 2.18. The molecule has 2 rings (SSSR count). The van der Waals surface area contributed by atoms with Gasteiger partial charge in [-0.3, -0.25) is 0 Å². The summed E-state index contributed by atoms with van der Waals surface area (Å²) < 4.78 is 1.58. The Hall–Kier alpha value is -2.48. The van der Waals surface area contributed by atoms with E-state index in [1.807, 2.05) is 19.1 Å². The molecule has 0 spiro atoms. The van der Waals surface area contributed by atoms with Gasteiger partial charge in [-0.15, -0.1) is 10.2 Å². The minimum absolute atomic E-state index is 0.637. The topological polar surface area (TPSA) is 66.9 Å². The van der Waals surface area contributed by atoms with Gasteiger partial charge in [-0.25, -0.2) is 4.68 Å². The highest BCUT2D eigenvalue weighted by molar-refractivity contribution is 5.79. The summed E-state index contributed by atoms with van der Waals surface area (Å²) in [4.78, 5) is 0. The standard InChI is InChI=1S/C11H9N5/c1-9-15-13-8-16(9)14-7-11-4-2-10(6-12)3-5-11/h2-5,7-8H,1H3. The van der Waals surface area contributed by atoms with Crippen molar-refractivity contribution in [2.45, 2.75) is 6.92 Å². The minimum Gasteiger partial charge on any atom is -0.205 e. The first-order valence-electron chi connectivity index (χ1n) is 4.71. The molecule has 5 nitrogen and oxygen atoms in total. The number of aromatic nitrogens is 3. The van der Waals surface area contributed by atoms with Crippen LogP contribution in [0.15, 0.2) is 35.7 Å². The molecule has 2 aromatic rings. The first-order valence-corrected chi connectivity index (χ1v) is 4.71. The van der Waals surface area contributed by atoms with Crippen LogP contribution >= 0.6 is 0 Å². The Labute approximate surface area is 92.7 Å². The largest absolute Gasteiger partial charge is 0.205 e. The fourth-order valence-electron chi connectivity index (χ4n) is 1.17. The third-order valence-corrected chi connectivity index (χ3v) is 2.07. The van der Waals surface area contributed by atoms with E-state index < -0.39 is 0 Å². The summed E-state index contributed by atoms with van der Waals surface area (Å²) in [5, 5.41) is 20.3. The SMILES string of the molecule is Cc1nncn1N=Cc1ccc(C#N)cc1. The summed E-state index contributed by atoms with van der Waals surface area (Å²) in [7, 11) is 0. The maximum absolute atomic E-state index is 8.64. The van der Waals surface area contributed by atoms with E-state index in [9.17, 15) is 0 Å². The molecule has 0 N–H and O–H groups in total. The van der Waals surface area contributed by atoms with Crippen molar-refractivity contribution >= 4 is 6.21 Å². The van der Waals surface area contributed by atoms with Crippen LogP contribution in [0.3, 0.4) is 0 Å². The smallest absolute Gasteiger partial charge is 0.151 e. The molecule has 0 radical (unpaired) electrons. The zero-order valence-corrected chi connectivity index (χ0v) is 8.70. The van der Waals surface area contributed by atoms with Crippen LogP contribution in [0.2, 0.25) is 0 Å². The first kappa shape index (κ1) is 10.1. The minimum atomic E-state index is 0.637. The zero-order chi connectivity index (χ0) is 11.4. The summed E-state index contributed by atoms with van der Waals surface area (Å²) >= 11 is 0. The second kappa shape index (κ2) is 4.36. The molecule has 0 bridgehead atoms. The summed E-state index contributed by atoms with van der Waals surface area (Å²) in [5.41, 5.74) is 1.56. The third kappa shape index (κ3) is 2.12. The average Bonchev–Trinajstić information content (AvgIpc) is 2.73. The molecule has 0 aliphatic rings. The van der Waals surface area contributed by atoms with Gasteiger partial charge in [-0.05, 0) is 24.6 Å².